The van der Waals surface area contributed by atoms with Gasteiger partial charge in [0.25, 0.3) is 5.91 Å². The third-order valence-corrected chi connectivity index (χ3v) is 3.63. The van der Waals surface area contributed by atoms with Gasteiger partial charge in [-0.05, 0) is 19.8 Å². The number of nitrogens with one attached hydrogen (secondary N) is 1. The summed E-state index contributed by atoms with van der Waals surface area (Å²) in [6.45, 7) is 2.89. The van der Waals surface area contributed by atoms with E-state index in [1.807, 2.05) is 0 Å². The lowest BCUT2D eigenvalue weighted by Crippen LogP contribution is -2.61. The summed E-state index contributed by atoms with van der Waals surface area (Å²) in [4.78, 5) is 36.4. The molecule has 7 nitrogen and oxygen atoms in total. The zero-order chi connectivity index (χ0) is 14.0. The molecule has 0 aromatic rings. The average molecular weight is 270 g/mol. The molecule has 0 aromatic carbocycles. The van der Waals surface area contributed by atoms with Gasteiger partial charge in [-0.2, -0.15) is 0 Å². The van der Waals surface area contributed by atoms with Crippen molar-refractivity contribution in [2.24, 2.45) is 0 Å². The number of nitrogens with zero attached hydrogens (tertiary/aromatic N) is 1. The van der Waals surface area contributed by atoms with Crippen LogP contribution in [-0.4, -0.2) is 59.1 Å². The van der Waals surface area contributed by atoms with Gasteiger partial charge in [-0.3, -0.25) is 14.4 Å². The van der Waals surface area contributed by atoms with Crippen LogP contribution in [0.1, 0.15) is 26.2 Å². The fourth-order valence-electron chi connectivity index (χ4n) is 2.58. The second-order valence-corrected chi connectivity index (χ2v) is 5.09. The van der Waals surface area contributed by atoms with Crippen LogP contribution in [0.5, 0.6) is 0 Å². The number of ether oxygens (including phenoxy) is 1. The molecule has 2 heterocycles. The van der Waals surface area contributed by atoms with E-state index in [-0.39, 0.29) is 12.3 Å². The van der Waals surface area contributed by atoms with Crippen molar-refractivity contribution in [3.63, 3.8) is 0 Å². The summed E-state index contributed by atoms with van der Waals surface area (Å²) in [7, 11) is 0. The van der Waals surface area contributed by atoms with E-state index in [4.69, 9.17) is 9.84 Å². The molecule has 0 aliphatic carbocycles. The smallest absolute Gasteiger partial charge is 0.305 e. The minimum absolute atomic E-state index is 0.286. The lowest BCUT2D eigenvalue weighted by molar-refractivity contribution is -0.160. The normalized spacial score (nSPS) is 31.1. The van der Waals surface area contributed by atoms with E-state index >= 15 is 0 Å². The van der Waals surface area contributed by atoms with Crippen LogP contribution < -0.4 is 5.32 Å². The van der Waals surface area contributed by atoms with Crippen molar-refractivity contribution in [1.82, 2.24) is 10.2 Å². The number of rotatable bonds is 3. The molecule has 7 heteroatoms. The number of carboxylic acids is 1. The largest absolute Gasteiger partial charge is 0.481 e. The highest BCUT2D eigenvalue weighted by Crippen LogP contribution is 2.28. The Morgan fingerprint density at radius 1 is 1.58 bits per heavy atom. The van der Waals surface area contributed by atoms with Crippen molar-refractivity contribution < 1.29 is 24.2 Å². The number of piperazine rings is 1. The first-order chi connectivity index (χ1) is 8.94. The Balaban J connectivity index is 2.17. The van der Waals surface area contributed by atoms with Gasteiger partial charge in [-0.25, -0.2) is 0 Å². The van der Waals surface area contributed by atoms with Crippen molar-refractivity contribution >= 4 is 17.8 Å². The highest BCUT2D eigenvalue weighted by atomic mass is 16.5. The molecule has 0 aromatic heterocycles. The number of carboxylic acid groups (broad SMARTS) is 1. The lowest BCUT2D eigenvalue weighted by atomic mass is 9.98. The second-order valence-electron chi connectivity index (χ2n) is 5.09. The number of hydrogen-bond acceptors (Lipinski definition) is 4. The Morgan fingerprint density at radius 2 is 2.32 bits per heavy atom. The van der Waals surface area contributed by atoms with Gasteiger partial charge < -0.3 is 20.1 Å². The molecular formula is C12H18N2O5. The van der Waals surface area contributed by atoms with E-state index in [9.17, 15) is 14.4 Å². The number of hydrogen-bond donors (Lipinski definition) is 2. The Kier molecular flexibility index (Phi) is 3.75. The van der Waals surface area contributed by atoms with Gasteiger partial charge in [0.1, 0.15) is 11.6 Å². The quantitative estimate of drug-likeness (QED) is 0.711. The average Bonchev–Trinajstić information content (AvgIpc) is 2.79. The summed E-state index contributed by atoms with van der Waals surface area (Å²) in [6.07, 6.45) is 1.02. The Morgan fingerprint density at radius 3 is 2.89 bits per heavy atom. The number of amides is 2. The maximum absolute atomic E-state index is 12.5. The van der Waals surface area contributed by atoms with Gasteiger partial charge in [-0.1, -0.05) is 0 Å². The third-order valence-electron chi connectivity index (χ3n) is 3.63. The van der Waals surface area contributed by atoms with Crippen LogP contribution in [0.25, 0.3) is 0 Å². The van der Waals surface area contributed by atoms with Gasteiger partial charge in [0, 0.05) is 19.7 Å². The Labute approximate surface area is 110 Å². The molecule has 2 amide bonds. The van der Waals surface area contributed by atoms with Gasteiger partial charge in [0.15, 0.2) is 0 Å². The monoisotopic (exact) mass is 270 g/mol. The van der Waals surface area contributed by atoms with Crippen LogP contribution in [0.3, 0.4) is 0 Å². The number of carbonyl (C=O) groups is 3. The van der Waals surface area contributed by atoms with Crippen molar-refractivity contribution in [3.05, 3.63) is 0 Å². The summed E-state index contributed by atoms with van der Waals surface area (Å²) < 4.78 is 5.47. The van der Waals surface area contributed by atoms with Crippen molar-refractivity contribution in [3.8, 4) is 0 Å². The molecule has 0 radical (unpaired) electrons. The molecule has 2 unspecified atom stereocenters. The summed E-state index contributed by atoms with van der Waals surface area (Å²) in [5.41, 5.74) is -0.922. The fraction of sp³-hybridized carbons (Fsp3) is 0.750. The molecule has 2 aliphatic rings. The minimum atomic E-state index is -1.10. The van der Waals surface area contributed by atoms with Crippen LogP contribution in [0.4, 0.5) is 0 Å². The SMILES string of the molecule is CC1(C(=O)N2CCNC(=O)C2CC(=O)O)CCCO1. The first-order valence-corrected chi connectivity index (χ1v) is 6.38. The fourth-order valence-corrected chi connectivity index (χ4v) is 2.58. The van der Waals surface area contributed by atoms with Crippen molar-refractivity contribution in [2.45, 2.75) is 37.8 Å². The highest BCUT2D eigenvalue weighted by molar-refractivity contribution is 5.94. The summed E-state index contributed by atoms with van der Waals surface area (Å²) in [5, 5.41) is 11.5. The summed E-state index contributed by atoms with van der Waals surface area (Å²) in [6, 6.07) is -0.945. The molecule has 2 fully saturated rings. The number of aliphatic carboxylic acids is 1. The molecule has 19 heavy (non-hydrogen) atoms. The van der Waals surface area contributed by atoms with E-state index in [0.717, 1.165) is 6.42 Å². The number of carbonyl (C=O) groups excluding carboxylic acids is 2. The lowest BCUT2D eigenvalue weighted by Gasteiger charge is -2.38. The Bertz CT molecular complexity index is 403. The van der Waals surface area contributed by atoms with Crippen LogP contribution in [-0.2, 0) is 19.1 Å². The van der Waals surface area contributed by atoms with Crippen LogP contribution in [0, 0.1) is 0 Å². The molecule has 0 spiro atoms. The molecule has 2 aliphatic heterocycles. The maximum atomic E-state index is 12.5. The van der Waals surface area contributed by atoms with Gasteiger partial charge >= 0.3 is 5.97 Å². The summed E-state index contributed by atoms with van der Waals surface area (Å²) in [5.74, 6) is -1.80. The second kappa shape index (κ2) is 5.16. The summed E-state index contributed by atoms with van der Waals surface area (Å²) >= 11 is 0. The van der Waals surface area contributed by atoms with E-state index in [0.29, 0.717) is 26.1 Å². The van der Waals surface area contributed by atoms with Crippen LogP contribution in [0.15, 0.2) is 0 Å². The van der Waals surface area contributed by atoms with Gasteiger partial charge in [0.2, 0.25) is 5.91 Å². The predicted octanol–water partition coefficient (Wildman–Crippen LogP) is -0.643. The topological polar surface area (TPSA) is 95.9 Å². The predicted molar refractivity (Wildman–Crippen MR) is 64.4 cm³/mol. The third kappa shape index (κ3) is 2.70. The van der Waals surface area contributed by atoms with E-state index in [1.165, 1.54) is 4.90 Å². The van der Waals surface area contributed by atoms with E-state index in [1.54, 1.807) is 6.92 Å². The molecule has 2 atom stereocenters. The van der Waals surface area contributed by atoms with E-state index < -0.39 is 23.5 Å². The first kappa shape index (κ1) is 13.8. The zero-order valence-electron chi connectivity index (χ0n) is 10.8. The highest BCUT2D eigenvalue weighted by Gasteiger charge is 2.45. The Hall–Kier alpha value is -1.63. The first-order valence-electron chi connectivity index (χ1n) is 6.38. The zero-order valence-corrected chi connectivity index (χ0v) is 10.8. The molecule has 2 saturated heterocycles. The molecule has 0 bridgehead atoms. The molecular weight excluding hydrogens is 252 g/mol. The molecule has 2 N–H and O–H groups in total. The molecule has 0 saturated carbocycles. The van der Waals surface area contributed by atoms with E-state index in [2.05, 4.69) is 5.32 Å². The van der Waals surface area contributed by atoms with Crippen LogP contribution in [0.2, 0.25) is 0 Å². The van der Waals surface area contributed by atoms with Crippen molar-refractivity contribution in [1.29, 1.82) is 0 Å². The minimum Gasteiger partial charge on any atom is -0.481 e. The maximum Gasteiger partial charge on any atom is 0.305 e. The van der Waals surface area contributed by atoms with Gasteiger partial charge in [0.05, 0.1) is 6.42 Å². The van der Waals surface area contributed by atoms with Crippen LogP contribution >= 0.6 is 0 Å². The standard InChI is InChI=1S/C12H18N2O5/c1-12(3-2-6-19-12)11(18)14-5-4-13-10(17)8(14)7-9(15)16/h8H,2-7H2,1H3,(H,13,17)(H,15,16). The molecule has 106 valence electrons. The van der Waals surface area contributed by atoms with Crippen molar-refractivity contribution in [2.75, 3.05) is 19.7 Å². The molecule has 2 rings (SSSR count). The van der Waals surface area contributed by atoms with Gasteiger partial charge in [-0.15, -0.1) is 0 Å².